The second-order valence-electron chi connectivity index (χ2n) is 9.28. The van der Waals surface area contributed by atoms with Crippen LogP contribution in [0.1, 0.15) is 68.6 Å². The number of carboxylic acid groups (broad SMARTS) is 1. The van der Waals surface area contributed by atoms with Gasteiger partial charge < -0.3 is 15.2 Å². The summed E-state index contributed by atoms with van der Waals surface area (Å²) in [6, 6.07) is 13.9. The van der Waals surface area contributed by atoms with E-state index in [-0.39, 0.29) is 0 Å². The van der Waals surface area contributed by atoms with Crippen LogP contribution in [0.5, 0.6) is 0 Å². The Labute approximate surface area is 204 Å². The number of hydrogen-bond donors (Lipinski definition) is 2. The van der Waals surface area contributed by atoms with Gasteiger partial charge in [-0.1, -0.05) is 79.6 Å². The number of halogens is 2. The van der Waals surface area contributed by atoms with Gasteiger partial charge in [-0.15, -0.1) is 0 Å². The fraction of sp³-hybridized carbons (Fsp3) is 0.462. The second kappa shape index (κ2) is 10.4. The molecule has 2 saturated carbocycles. The number of rotatable bonds is 8. The third-order valence-electron chi connectivity index (χ3n) is 6.95. The summed E-state index contributed by atoms with van der Waals surface area (Å²) in [6.45, 7) is 0. The van der Waals surface area contributed by atoms with Crippen molar-refractivity contribution in [1.29, 1.82) is 0 Å². The molecule has 1 amide bonds. The van der Waals surface area contributed by atoms with E-state index in [1.54, 1.807) is 12.1 Å². The molecule has 7 heteroatoms. The van der Waals surface area contributed by atoms with E-state index in [2.05, 4.69) is 5.32 Å². The molecule has 4 rings (SSSR count). The largest absolute Gasteiger partial charge is 0.480 e. The molecule has 2 aliphatic carbocycles. The molecule has 2 N–H and O–H groups in total. The van der Waals surface area contributed by atoms with Crippen LogP contribution in [0.3, 0.4) is 0 Å². The van der Waals surface area contributed by atoms with Gasteiger partial charge in [0.05, 0.1) is 0 Å². The smallest absolute Gasteiger partial charge is 0.408 e. The summed E-state index contributed by atoms with van der Waals surface area (Å²) in [5, 5.41) is 13.5. The maximum Gasteiger partial charge on any atom is 0.408 e. The number of carbonyl (C=O) groups is 2. The number of alkyl carbamates (subject to hydrolysis) is 1. The number of aliphatic carboxylic acids is 1. The molecule has 0 aliphatic heterocycles. The van der Waals surface area contributed by atoms with Crippen molar-refractivity contribution in [3.05, 3.63) is 69.7 Å². The summed E-state index contributed by atoms with van der Waals surface area (Å²) in [6.07, 6.45) is 6.15. The highest BCUT2D eigenvalue weighted by Crippen LogP contribution is 2.58. The maximum absolute atomic E-state index is 13.0. The molecule has 176 valence electrons. The van der Waals surface area contributed by atoms with Crippen molar-refractivity contribution in [2.75, 3.05) is 0 Å². The van der Waals surface area contributed by atoms with E-state index in [0.717, 1.165) is 49.7 Å². The lowest BCUT2D eigenvalue weighted by molar-refractivity contribution is -0.140. The van der Waals surface area contributed by atoms with Gasteiger partial charge in [-0.3, -0.25) is 0 Å². The fourth-order valence-electron chi connectivity index (χ4n) is 5.07. The molecule has 2 aromatic carbocycles. The number of ether oxygens (including phenoxy) is 1. The molecule has 0 bridgehead atoms. The number of amides is 1. The summed E-state index contributed by atoms with van der Waals surface area (Å²) in [7, 11) is 0. The number of nitrogens with one attached hydrogen (secondary N) is 1. The number of benzene rings is 2. The normalized spacial score (nSPS) is 19.3. The summed E-state index contributed by atoms with van der Waals surface area (Å²) in [4.78, 5) is 24.9. The van der Waals surface area contributed by atoms with Crippen molar-refractivity contribution in [3.8, 4) is 0 Å². The standard InChI is InChI=1S/C26H29Cl2NO4/c27-20-10-4-8-18(15-20)23(26(12-13-26)19-9-5-11-21(28)16-19)33-25(32)29-22(24(30)31)14-17-6-2-1-3-7-17/h4-5,8-11,15-17,22-23H,1-3,6-7,12-14H2,(H,29,32)(H,30,31). The summed E-state index contributed by atoms with van der Waals surface area (Å²) in [5.41, 5.74) is 1.34. The van der Waals surface area contributed by atoms with Crippen LogP contribution in [0.15, 0.2) is 48.5 Å². The number of hydrogen-bond acceptors (Lipinski definition) is 3. The minimum absolute atomic E-state index is 0.310. The zero-order valence-electron chi connectivity index (χ0n) is 18.4. The monoisotopic (exact) mass is 489 g/mol. The quantitative estimate of drug-likeness (QED) is 0.421. The number of carboxylic acids is 1. The molecule has 0 saturated heterocycles. The van der Waals surface area contributed by atoms with Crippen LogP contribution in [0.2, 0.25) is 10.0 Å². The maximum atomic E-state index is 13.0. The Morgan fingerprint density at radius 1 is 1.03 bits per heavy atom. The molecule has 5 nitrogen and oxygen atoms in total. The van der Waals surface area contributed by atoms with Crippen LogP contribution in [-0.4, -0.2) is 23.2 Å². The van der Waals surface area contributed by atoms with Crippen LogP contribution in [-0.2, 0) is 14.9 Å². The zero-order chi connectivity index (χ0) is 23.4. The van der Waals surface area contributed by atoms with E-state index in [1.165, 1.54) is 6.42 Å². The van der Waals surface area contributed by atoms with Gasteiger partial charge in [-0.2, -0.15) is 0 Å². The Balaban J connectivity index is 1.55. The number of carbonyl (C=O) groups excluding carboxylic acids is 1. The molecule has 0 radical (unpaired) electrons. The van der Waals surface area contributed by atoms with Crippen molar-refractivity contribution in [3.63, 3.8) is 0 Å². The first kappa shape index (κ1) is 23.9. The molecule has 0 spiro atoms. The molecule has 2 aliphatic rings. The van der Waals surface area contributed by atoms with Gasteiger partial charge in [0.1, 0.15) is 12.1 Å². The van der Waals surface area contributed by atoms with Crippen LogP contribution in [0, 0.1) is 5.92 Å². The lowest BCUT2D eigenvalue weighted by Gasteiger charge is -2.29. The Morgan fingerprint density at radius 2 is 1.70 bits per heavy atom. The van der Waals surface area contributed by atoms with Crippen molar-refractivity contribution in [1.82, 2.24) is 5.32 Å². The summed E-state index contributed by atoms with van der Waals surface area (Å²) >= 11 is 12.5. The van der Waals surface area contributed by atoms with Crippen molar-refractivity contribution in [2.24, 2.45) is 5.92 Å². The Kier molecular flexibility index (Phi) is 7.50. The molecule has 0 aromatic heterocycles. The van der Waals surface area contributed by atoms with Crippen molar-refractivity contribution < 1.29 is 19.4 Å². The summed E-state index contributed by atoms with van der Waals surface area (Å²) < 4.78 is 5.97. The van der Waals surface area contributed by atoms with E-state index in [9.17, 15) is 14.7 Å². The van der Waals surface area contributed by atoms with E-state index in [4.69, 9.17) is 27.9 Å². The Bertz CT molecular complexity index is 1000. The molecule has 33 heavy (non-hydrogen) atoms. The lowest BCUT2D eigenvalue weighted by Crippen LogP contribution is -2.43. The summed E-state index contributed by atoms with van der Waals surface area (Å²) in [5.74, 6) is -0.724. The first-order valence-electron chi connectivity index (χ1n) is 11.6. The molecule has 0 heterocycles. The first-order valence-corrected chi connectivity index (χ1v) is 12.3. The Hall–Kier alpha value is -2.24. The highest BCUT2D eigenvalue weighted by atomic mass is 35.5. The van der Waals surface area contributed by atoms with Crippen LogP contribution < -0.4 is 5.32 Å². The van der Waals surface area contributed by atoms with Gasteiger partial charge in [0.2, 0.25) is 0 Å². The third-order valence-corrected chi connectivity index (χ3v) is 7.42. The second-order valence-corrected chi connectivity index (χ2v) is 10.2. The minimum Gasteiger partial charge on any atom is -0.480 e. The van der Waals surface area contributed by atoms with Gasteiger partial charge >= 0.3 is 12.1 Å². The predicted molar refractivity (Wildman–Crippen MR) is 129 cm³/mol. The van der Waals surface area contributed by atoms with E-state index in [1.807, 2.05) is 36.4 Å². The lowest BCUT2D eigenvalue weighted by atomic mass is 9.85. The molecular weight excluding hydrogens is 461 g/mol. The highest BCUT2D eigenvalue weighted by molar-refractivity contribution is 6.30. The van der Waals surface area contributed by atoms with Gasteiger partial charge in [-0.05, 0) is 60.6 Å². The highest BCUT2D eigenvalue weighted by Gasteiger charge is 2.53. The van der Waals surface area contributed by atoms with E-state index < -0.39 is 29.6 Å². The van der Waals surface area contributed by atoms with Gasteiger partial charge in [0.25, 0.3) is 0 Å². The van der Waals surface area contributed by atoms with Crippen LogP contribution in [0.25, 0.3) is 0 Å². The van der Waals surface area contributed by atoms with Gasteiger partial charge in [0, 0.05) is 15.5 Å². The van der Waals surface area contributed by atoms with E-state index in [0.29, 0.717) is 22.4 Å². The van der Waals surface area contributed by atoms with Crippen LogP contribution >= 0.6 is 23.2 Å². The van der Waals surface area contributed by atoms with Crippen molar-refractivity contribution in [2.45, 2.75) is 68.9 Å². The molecule has 2 aromatic rings. The van der Waals surface area contributed by atoms with Gasteiger partial charge in [0.15, 0.2) is 0 Å². The topological polar surface area (TPSA) is 75.6 Å². The SMILES string of the molecule is O=C(NC(CC1CCCCC1)C(=O)O)OC(c1cccc(Cl)c1)C1(c2cccc(Cl)c2)CC1. The average molecular weight is 490 g/mol. The average Bonchev–Trinajstić information content (AvgIpc) is 3.59. The van der Waals surface area contributed by atoms with Crippen LogP contribution in [0.4, 0.5) is 4.79 Å². The Morgan fingerprint density at radius 3 is 2.30 bits per heavy atom. The molecule has 2 fully saturated rings. The fourth-order valence-corrected chi connectivity index (χ4v) is 5.45. The van der Waals surface area contributed by atoms with Gasteiger partial charge in [-0.25, -0.2) is 9.59 Å². The first-order chi connectivity index (χ1) is 15.9. The molecular formula is C26H29Cl2NO4. The van der Waals surface area contributed by atoms with E-state index >= 15 is 0 Å². The molecule has 2 unspecified atom stereocenters. The molecule has 2 atom stereocenters. The predicted octanol–water partition coefficient (Wildman–Crippen LogP) is 6.92. The van der Waals surface area contributed by atoms with Crippen molar-refractivity contribution >= 4 is 35.3 Å². The third kappa shape index (κ3) is 5.82. The zero-order valence-corrected chi connectivity index (χ0v) is 19.9. The minimum atomic E-state index is -1.03.